The lowest BCUT2D eigenvalue weighted by Crippen LogP contribution is -2.29. The third kappa shape index (κ3) is 3.40. The molecule has 0 aliphatic carbocycles. The molecule has 0 aromatic carbocycles. The first-order chi connectivity index (χ1) is 8.61. The molecule has 1 aliphatic heterocycles. The van der Waals surface area contributed by atoms with Crippen molar-refractivity contribution in [1.29, 1.82) is 0 Å². The van der Waals surface area contributed by atoms with Crippen molar-refractivity contribution >= 4 is 5.95 Å². The Morgan fingerprint density at radius 2 is 2.06 bits per heavy atom. The van der Waals surface area contributed by atoms with E-state index < -0.39 is 5.60 Å². The maximum absolute atomic E-state index is 10.1. The topological polar surface area (TPSA) is 61.3 Å². The largest absolute Gasteiger partial charge is 0.390 e. The van der Waals surface area contributed by atoms with Gasteiger partial charge in [-0.15, -0.1) is 0 Å². The van der Waals surface area contributed by atoms with Gasteiger partial charge in [0, 0.05) is 37.6 Å². The van der Waals surface area contributed by atoms with Crippen LogP contribution in [0.25, 0.3) is 0 Å². The van der Waals surface area contributed by atoms with Gasteiger partial charge in [-0.2, -0.15) is 0 Å². The molecule has 2 rings (SSSR count). The lowest BCUT2D eigenvalue weighted by Gasteiger charge is -2.22. The molecule has 5 heteroatoms. The second-order valence-corrected chi connectivity index (χ2v) is 5.26. The van der Waals surface area contributed by atoms with Crippen molar-refractivity contribution in [2.45, 2.75) is 38.3 Å². The molecular formula is C13H22N4O. The highest BCUT2D eigenvalue weighted by atomic mass is 16.3. The van der Waals surface area contributed by atoms with Crippen LogP contribution in [-0.2, 0) is 6.54 Å². The minimum Gasteiger partial charge on any atom is -0.390 e. The molecular weight excluding hydrogens is 228 g/mol. The monoisotopic (exact) mass is 250 g/mol. The first-order valence-corrected chi connectivity index (χ1v) is 6.53. The Balaban J connectivity index is 2.02. The van der Waals surface area contributed by atoms with Gasteiger partial charge >= 0.3 is 0 Å². The SMILES string of the molecule is CNCc1cnc(N2CCCC(C)(O)CC2)nc1. The van der Waals surface area contributed by atoms with Crippen molar-refractivity contribution in [2.24, 2.45) is 0 Å². The van der Waals surface area contributed by atoms with E-state index in [0.717, 1.165) is 50.4 Å². The average Bonchev–Trinajstić information content (AvgIpc) is 2.52. The lowest BCUT2D eigenvalue weighted by atomic mass is 9.98. The van der Waals surface area contributed by atoms with E-state index in [4.69, 9.17) is 0 Å². The number of anilines is 1. The van der Waals surface area contributed by atoms with Crippen LogP contribution in [0.4, 0.5) is 5.95 Å². The van der Waals surface area contributed by atoms with E-state index in [2.05, 4.69) is 20.2 Å². The number of hydrogen-bond acceptors (Lipinski definition) is 5. The summed E-state index contributed by atoms with van der Waals surface area (Å²) >= 11 is 0. The first-order valence-electron chi connectivity index (χ1n) is 6.53. The Hall–Kier alpha value is -1.20. The Morgan fingerprint density at radius 3 is 2.72 bits per heavy atom. The number of hydrogen-bond donors (Lipinski definition) is 2. The number of aromatic nitrogens is 2. The van der Waals surface area contributed by atoms with Crippen LogP contribution in [0.3, 0.4) is 0 Å². The summed E-state index contributed by atoms with van der Waals surface area (Å²) in [5, 5.41) is 13.1. The zero-order chi connectivity index (χ0) is 13.0. The van der Waals surface area contributed by atoms with Crippen LogP contribution in [0.1, 0.15) is 31.7 Å². The van der Waals surface area contributed by atoms with E-state index in [1.165, 1.54) is 0 Å². The van der Waals surface area contributed by atoms with Gasteiger partial charge in [0.05, 0.1) is 5.60 Å². The van der Waals surface area contributed by atoms with E-state index in [0.29, 0.717) is 0 Å². The molecule has 1 aromatic heterocycles. The van der Waals surface area contributed by atoms with Crippen molar-refractivity contribution in [3.8, 4) is 0 Å². The number of nitrogens with one attached hydrogen (secondary N) is 1. The molecule has 0 spiro atoms. The van der Waals surface area contributed by atoms with Crippen LogP contribution in [-0.4, -0.2) is 40.8 Å². The van der Waals surface area contributed by atoms with Gasteiger partial charge < -0.3 is 15.3 Å². The van der Waals surface area contributed by atoms with E-state index in [9.17, 15) is 5.11 Å². The van der Waals surface area contributed by atoms with Crippen LogP contribution in [0.5, 0.6) is 0 Å². The molecule has 1 aromatic rings. The van der Waals surface area contributed by atoms with E-state index in [-0.39, 0.29) is 0 Å². The maximum atomic E-state index is 10.1. The van der Waals surface area contributed by atoms with Gasteiger partial charge in [-0.3, -0.25) is 0 Å². The minimum atomic E-state index is -0.541. The Morgan fingerprint density at radius 1 is 1.33 bits per heavy atom. The zero-order valence-electron chi connectivity index (χ0n) is 11.2. The van der Waals surface area contributed by atoms with Crippen molar-refractivity contribution in [1.82, 2.24) is 15.3 Å². The molecule has 0 bridgehead atoms. The molecule has 5 nitrogen and oxygen atoms in total. The Labute approximate surface area is 108 Å². The lowest BCUT2D eigenvalue weighted by molar-refractivity contribution is 0.0481. The summed E-state index contributed by atoms with van der Waals surface area (Å²) in [5.41, 5.74) is 0.545. The summed E-state index contributed by atoms with van der Waals surface area (Å²) < 4.78 is 0. The van der Waals surface area contributed by atoms with Gasteiger partial charge in [-0.25, -0.2) is 9.97 Å². The predicted octanol–water partition coefficient (Wildman–Crippen LogP) is 0.937. The van der Waals surface area contributed by atoms with E-state index >= 15 is 0 Å². The molecule has 100 valence electrons. The van der Waals surface area contributed by atoms with Crippen molar-refractivity contribution in [3.05, 3.63) is 18.0 Å². The molecule has 1 unspecified atom stereocenters. The third-order valence-corrected chi connectivity index (χ3v) is 3.42. The molecule has 2 N–H and O–H groups in total. The summed E-state index contributed by atoms with van der Waals surface area (Å²) in [4.78, 5) is 11.0. The molecule has 0 radical (unpaired) electrons. The van der Waals surface area contributed by atoms with E-state index in [1.807, 2.05) is 26.4 Å². The summed E-state index contributed by atoms with van der Waals surface area (Å²) in [6.07, 6.45) is 6.33. The second kappa shape index (κ2) is 5.63. The van der Waals surface area contributed by atoms with Gasteiger partial charge in [0.15, 0.2) is 0 Å². The predicted molar refractivity (Wildman–Crippen MR) is 71.5 cm³/mol. The van der Waals surface area contributed by atoms with Crippen molar-refractivity contribution in [3.63, 3.8) is 0 Å². The average molecular weight is 250 g/mol. The summed E-state index contributed by atoms with van der Waals surface area (Å²) in [7, 11) is 1.91. The number of nitrogens with zero attached hydrogens (tertiary/aromatic N) is 3. The van der Waals surface area contributed by atoms with Crippen LogP contribution >= 0.6 is 0 Å². The van der Waals surface area contributed by atoms with Crippen LogP contribution in [0, 0.1) is 0 Å². The van der Waals surface area contributed by atoms with E-state index in [1.54, 1.807) is 0 Å². The fourth-order valence-electron chi connectivity index (χ4n) is 2.27. The normalized spacial score (nSPS) is 24.9. The third-order valence-electron chi connectivity index (χ3n) is 3.42. The molecule has 1 atom stereocenters. The zero-order valence-corrected chi connectivity index (χ0v) is 11.2. The highest BCUT2D eigenvalue weighted by molar-refractivity contribution is 5.30. The standard InChI is InChI=1S/C13H22N4O/c1-13(18)4-3-6-17(7-5-13)12-15-9-11(8-14-2)10-16-12/h9-10,14,18H,3-8H2,1-2H3. The molecule has 2 heterocycles. The summed E-state index contributed by atoms with van der Waals surface area (Å²) in [6, 6.07) is 0. The van der Waals surface area contributed by atoms with Crippen molar-refractivity contribution in [2.75, 3.05) is 25.0 Å². The Kier molecular flexibility index (Phi) is 4.14. The van der Waals surface area contributed by atoms with Crippen molar-refractivity contribution < 1.29 is 5.11 Å². The van der Waals surface area contributed by atoms with Crippen LogP contribution in [0.15, 0.2) is 12.4 Å². The molecule has 0 amide bonds. The smallest absolute Gasteiger partial charge is 0.225 e. The molecule has 1 saturated heterocycles. The summed E-state index contributed by atoms with van der Waals surface area (Å²) in [6.45, 7) is 4.43. The van der Waals surface area contributed by atoms with Gasteiger partial charge in [0.25, 0.3) is 0 Å². The Bertz CT molecular complexity index is 377. The molecule has 0 saturated carbocycles. The molecule has 1 fully saturated rings. The fraction of sp³-hybridized carbons (Fsp3) is 0.692. The fourth-order valence-corrected chi connectivity index (χ4v) is 2.27. The van der Waals surface area contributed by atoms with Gasteiger partial charge in [-0.05, 0) is 33.2 Å². The number of rotatable bonds is 3. The number of aliphatic hydroxyl groups is 1. The minimum absolute atomic E-state index is 0.541. The molecule has 18 heavy (non-hydrogen) atoms. The quantitative estimate of drug-likeness (QED) is 0.836. The summed E-state index contributed by atoms with van der Waals surface area (Å²) in [5.74, 6) is 0.771. The maximum Gasteiger partial charge on any atom is 0.225 e. The molecule has 1 aliphatic rings. The van der Waals surface area contributed by atoms with Gasteiger partial charge in [-0.1, -0.05) is 0 Å². The first kappa shape index (κ1) is 13.2. The van der Waals surface area contributed by atoms with Gasteiger partial charge in [0.1, 0.15) is 0 Å². The van der Waals surface area contributed by atoms with Crippen LogP contribution < -0.4 is 10.2 Å². The van der Waals surface area contributed by atoms with Gasteiger partial charge in [0.2, 0.25) is 5.95 Å². The van der Waals surface area contributed by atoms with Crippen LogP contribution in [0.2, 0.25) is 0 Å². The highest BCUT2D eigenvalue weighted by Gasteiger charge is 2.25. The second-order valence-electron chi connectivity index (χ2n) is 5.26. The highest BCUT2D eigenvalue weighted by Crippen LogP contribution is 2.23.